The van der Waals surface area contributed by atoms with Crippen molar-refractivity contribution in [2.45, 2.75) is 26.4 Å². The van der Waals surface area contributed by atoms with Crippen molar-refractivity contribution in [2.75, 3.05) is 7.11 Å². The lowest BCUT2D eigenvalue weighted by Gasteiger charge is -2.09. The third-order valence-electron chi connectivity index (χ3n) is 3.25. The molecule has 0 bridgehead atoms. The number of nitrogens with zero attached hydrogens (tertiary/aromatic N) is 3. The standard InChI is InChI=1S/C14H17N3O4/c1-10(2)16-7-6-15(14(16)18)9-11-8-12(17(19)20)4-5-13(11)21-3/h4-8,10H,9H2,1-3H3. The molecule has 0 aliphatic rings. The molecule has 21 heavy (non-hydrogen) atoms. The van der Waals surface area contributed by atoms with Gasteiger partial charge in [-0.3, -0.25) is 19.2 Å². The molecule has 0 spiro atoms. The fraction of sp³-hybridized carbons (Fsp3) is 0.357. The maximum Gasteiger partial charge on any atom is 0.328 e. The zero-order chi connectivity index (χ0) is 15.6. The van der Waals surface area contributed by atoms with Gasteiger partial charge in [-0.1, -0.05) is 0 Å². The molecule has 0 fully saturated rings. The molecule has 1 aromatic carbocycles. The van der Waals surface area contributed by atoms with Gasteiger partial charge >= 0.3 is 5.69 Å². The average molecular weight is 291 g/mol. The van der Waals surface area contributed by atoms with Crippen LogP contribution >= 0.6 is 0 Å². The second-order valence-corrected chi connectivity index (χ2v) is 4.96. The van der Waals surface area contributed by atoms with Crippen molar-refractivity contribution < 1.29 is 9.66 Å². The first kappa shape index (κ1) is 14.8. The van der Waals surface area contributed by atoms with Crippen LogP contribution in [0.2, 0.25) is 0 Å². The van der Waals surface area contributed by atoms with E-state index in [9.17, 15) is 14.9 Å². The van der Waals surface area contributed by atoms with E-state index in [-0.39, 0.29) is 24.0 Å². The maximum atomic E-state index is 12.2. The van der Waals surface area contributed by atoms with Gasteiger partial charge in [0.25, 0.3) is 5.69 Å². The van der Waals surface area contributed by atoms with Crippen LogP contribution in [-0.2, 0) is 6.54 Å². The zero-order valence-electron chi connectivity index (χ0n) is 12.1. The summed E-state index contributed by atoms with van der Waals surface area (Å²) in [6, 6.07) is 4.41. The Hall–Kier alpha value is -2.57. The van der Waals surface area contributed by atoms with Crippen LogP contribution < -0.4 is 10.4 Å². The van der Waals surface area contributed by atoms with Crippen molar-refractivity contribution in [3.05, 3.63) is 56.8 Å². The second-order valence-electron chi connectivity index (χ2n) is 4.96. The number of ether oxygens (including phenoxy) is 1. The van der Waals surface area contributed by atoms with Gasteiger partial charge in [-0.05, 0) is 19.9 Å². The first-order chi connectivity index (χ1) is 9.93. The summed E-state index contributed by atoms with van der Waals surface area (Å²) in [6.07, 6.45) is 3.37. The highest BCUT2D eigenvalue weighted by Crippen LogP contribution is 2.24. The zero-order valence-corrected chi connectivity index (χ0v) is 12.1. The molecule has 112 valence electrons. The minimum Gasteiger partial charge on any atom is -0.496 e. The van der Waals surface area contributed by atoms with Crippen molar-refractivity contribution in [3.63, 3.8) is 0 Å². The molecule has 0 N–H and O–H groups in total. The van der Waals surface area contributed by atoms with E-state index in [1.165, 1.54) is 29.9 Å². The van der Waals surface area contributed by atoms with Crippen LogP contribution in [-0.4, -0.2) is 21.2 Å². The number of nitro groups is 1. The number of nitro benzene ring substituents is 1. The summed E-state index contributed by atoms with van der Waals surface area (Å²) in [5, 5.41) is 10.9. The number of benzene rings is 1. The highest BCUT2D eigenvalue weighted by molar-refractivity contribution is 5.43. The van der Waals surface area contributed by atoms with Crippen LogP contribution in [0.3, 0.4) is 0 Å². The van der Waals surface area contributed by atoms with Gasteiger partial charge in [-0.2, -0.15) is 0 Å². The summed E-state index contributed by atoms with van der Waals surface area (Å²) in [5.74, 6) is 0.518. The lowest BCUT2D eigenvalue weighted by atomic mass is 10.1. The first-order valence-corrected chi connectivity index (χ1v) is 6.52. The van der Waals surface area contributed by atoms with E-state index >= 15 is 0 Å². The number of methoxy groups -OCH3 is 1. The Morgan fingerprint density at radius 3 is 2.57 bits per heavy atom. The van der Waals surface area contributed by atoms with Crippen LogP contribution in [0.25, 0.3) is 0 Å². The number of aromatic nitrogens is 2. The molecule has 7 nitrogen and oxygen atoms in total. The Bertz CT molecular complexity index is 715. The molecule has 0 amide bonds. The molecule has 0 aliphatic heterocycles. The van der Waals surface area contributed by atoms with E-state index in [2.05, 4.69) is 0 Å². The molecule has 2 aromatic rings. The minimum absolute atomic E-state index is 0.0258. The van der Waals surface area contributed by atoms with Gasteiger partial charge in [-0.15, -0.1) is 0 Å². The van der Waals surface area contributed by atoms with E-state index in [0.717, 1.165) is 0 Å². The normalized spacial score (nSPS) is 10.9. The van der Waals surface area contributed by atoms with Gasteiger partial charge < -0.3 is 4.74 Å². The van der Waals surface area contributed by atoms with E-state index < -0.39 is 4.92 Å². The monoisotopic (exact) mass is 291 g/mol. The van der Waals surface area contributed by atoms with Crippen molar-refractivity contribution in [1.82, 2.24) is 9.13 Å². The predicted octanol–water partition coefficient (Wildman–Crippen LogP) is 2.20. The topological polar surface area (TPSA) is 79.3 Å². The summed E-state index contributed by atoms with van der Waals surface area (Å²) in [4.78, 5) is 22.6. The van der Waals surface area contributed by atoms with Crippen LogP contribution in [0, 0.1) is 10.1 Å². The van der Waals surface area contributed by atoms with Crippen molar-refractivity contribution >= 4 is 5.69 Å². The Labute approximate surface area is 121 Å². The van der Waals surface area contributed by atoms with Crippen molar-refractivity contribution in [2.24, 2.45) is 0 Å². The Morgan fingerprint density at radius 2 is 2.05 bits per heavy atom. The molecule has 1 aromatic heterocycles. The number of imidazole rings is 1. The van der Waals surface area contributed by atoms with Crippen molar-refractivity contribution in [1.29, 1.82) is 0 Å². The maximum absolute atomic E-state index is 12.2. The van der Waals surface area contributed by atoms with E-state index in [1.54, 1.807) is 17.0 Å². The summed E-state index contributed by atoms with van der Waals surface area (Å²) >= 11 is 0. The second kappa shape index (κ2) is 5.82. The summed E-state index contributed by atoms with van der Waals surface area (Å²) < 4.78 is 8.30. The molecule has 0 unspecified atom stereocenters. The van der Waals surface area contributed by atoms with E-state index in [4.69, 9.17) is 4.74 Å². The summed E-state index contributed by atoms with van der Waals surface area (Å²) in [7, 11) is 1.49. The quantitative estimate of drug-likeness (QED) is 0.625. The van der Waals surface area contributed by atoms with Crippen LogP contribution in [0.5, 0.6) is 5.75 Å². The molecule has 1 heterocycles. The summed E-state index contributed by atoms with van der Waals surface area (Å²) in [5.41, 5.74) is 0.413. The number of hydrogen-bond acceptors (Lipinski definition) is 4. The van der Waals surface area contributed by atoms with Crippen LogP contribution in [0.15, 0.2) is 35.4 Å². The number of rotatable bonds is 5. The highest BCUT2D eigenvalue weighted by Gasteiger charge is 2.13. The van der Waals surface area contributed by atoms with Gasteiger partial charge in [0.05, 0.1) is 18.6 Å². The van der Waals surface area contributed by atoms with Gasteiger partial charge in [0.1, 0.15) is 5.75 Å². The molecular formula is C14H17N3O4. The van der Waals surface area contributed by atoms with Crippen LogP contribution in [0.1, 0.15) is 25.5 Å². The molecule has 2 rings (SSSR count). The number of hydrogen-bond donors (Lipinski definition) is 0. The SMILES string of the molecule is COc1ccc([N+](=O)[O-])cc1Cn1ccn(C(C)C)c1=O. The molecule has 0 saturated carbocycles. The van der Waals surface area contributed by atoms with Gasteiger partial charge in [0, 0.05) is 36.1 Å². The Kier molecular flexibility index (Phi) is 4.11. The molecule has 0 saturated heterocycles. The fourth-order valence-corrected chi connectivity index (χ4v) is 2.13. The fourth-order valence-electron chi connectivity index (χ4n) is 2.13. The average Bonchev–Trinajstić information content (AvgIpc) is 2.80. The largest absolute Gasteiger partial charge is 0.496 e. The van der Waals surface area contributed by atoms with Gasteiger partial charge in [-0.25, -0.2) is 4.79 Å². The third kappa shape index (κ3) is 2.96. The predicted molar refractivity (Wildman–Crippen MR) is 77.8 cm³/mol. The summed E-state index contributed by atoms with van der Waals surface area (Å²) in [6.45, 7) is 4.06. The molecule has 0 aliphatic carbocycles. The minimum atomic E-state index is -0.467. The Balaban J connectivity index is 2.41. The molecule has 0 radical (unpaired) electrons. The lowest BCUT2D eigenvalue weighted by Crippen LogP contribution is -2.25. The first-order valence-electron chi connectivity index (χ1n) is 6.52. The van der Waals surface area contributed by atoms with Gasteiger partial charge in [0.15, 0.2) is 0 Å². The highest BCUT2D eigenvalue weighted by atomic mass is 16.6. The number of non-ortho nitro benzene ring substituents is 1. The molecule has 0 atom stereocenters. The van der Waals surface area contributed by atoms with E-state index in [0.29, 0.717) is 11.3 Å². The molecule has 7 heteroatoms. The molecular weight excluding hydrogens is 274 g/mol. The van der Waals surface area contributed by atoms with Crippen molar-refractivity contribution in [3.8, 4) is 5.75 Å². The third-order valence-corrected chi connectivity index (χ3v) is 3.25. The Morgan fingerprint density at radius 1 is 1.33 bits per heavy atom. The van der Waals surface area contributed by atoms with Gasteiger partial charge in [0.2, 0.25) is 0 Å². The smallest absolute Gasteiger partial charge is 0.328 e. The lowest BCUT2D eigenvalue weighted by molar-refractivity contribution is -0.384. The van der Waals surface area contributed by atoms with E-state index in [1.807, 2.05) is 13.8 Å². The van der Waals surface area contributed by atoms with Crippen LogP contribution in [0.4, 0.5) is 5.69 Å².